The minimum atomic E-state index is 0.559. The first kappa shape index (κ1) is 32.3. The van der Waals surface area contributed by atoms with E-state index in [1.54, 1.807) is 0 Å². The Kier molecular flexibility index (Phi) is 7.13. The van der Waals surface area contributed by atoms with Crippen LogP contribution in [0.3, 0.4) is 0 Å². The summed E-state index contributed by atoms with van der Waals surface area (Å²) >= 11 is 0. The summed E-state index contributed by atoms with van der Waals surface area (Å²) in [6, 6.07) is 62.4. The fourth-order valence-electron chi connectivity index (χ4n) is 8.45. The lowest BCUT2D eigenvalue weighted by atomic mass is 9.89. The molecule has 0 N–H and O–H groups in total. The lowest BCUT2D eigenvalue weighted by Gasteiger charge is -2.16. The van der Waals surface area contributed by atoms with Crippen LogP contribution in [0.1, 0.15) is 0 Å². The summed E-state index contributed by atoms with van der Waals surface area (Å²) in [5, 5.41) is 8.58. The molecular weight excluding hydrogens is 713 g/mol. The highest BCUT2D eigenvalue weighted by Gasteiger charge is 2.21. The van der Waals surface area contributed by atoms with Crippen molar-refractivity contribution in [2.45, 2.75) is 0 Å². The predicted molar refractivity (Wildman–Crippen MR) is 234 cm³/mol. The van der Waals surface area contributed by atoms with Crippen molar-refractivity contribution in [2.75, 3.05) is 0 Å². The van der Waals surface area contributed by atoms with Gasteiger partial charge < -0.3 is 8.83 Å². The third-order valence-electron chi connectivity index (χ3n) is 11.1. The summed E-state index contributed by atoms with van der Waals surface area (Å²) in [6.07, 6.45) is 0. The fraction of sp³-hybridized carbons (Fsp3) is 0. The molecule has 0 fully saturated rings. The molecule has 0 saturated carbocycles. The zero-order valence-corrected chi connectivity index (χ0v) is 30.9. The van der Waals surface area contributed by atoms with Gasteiger partial charge in [0.2, 0.25) is 5.89 Å². The van der Waals surface area contributed by atoms with Crippen molar-refractivity contribution < 1.29 is 8.83 Å². The van der Waals surface area contributed by atoms with Crippen molar-refractivity contribution in [3.8, 4) is 56.7 Å². The van der Waals surface area contributed by atoms with Crippen molar-refractivity contribution >= 4 is 65.4 Å². The van der Waals surface area contributed by atoms with Gasteiger partial charge in [0, 0.05) is 27.6 Å². The zero-order valence-electron chi connectivity index (χ0n) is 30.9. The number of hydrogen-bond acceptors (Lipinski definition) is 6. The Morgan fingerprint density at radius 1 is 0.310 bits per heavy atom. The number of hydrogen-bond donors (Lipinski definition) is 0. The SMILES string of the molecule is c1ccc(-c2nc(-c3ccccc3)nc(-c3ccc(-c4cc(-c5nc6c(ccc7oc8ccccc8c76)o5)c5ccccc5c4)c4c3ccc3ccccc34)n2)cc1. The van der Waals surface area contributed by atoms with E-state index >= 15 is 0 Å². The van der Waals surface area contributed by atoms with Gasteiger partial charge in [0.05, 0.1) is 5.39 Å². The van der Waals surface area contributed by atoms with Gasteiger partial charge in [-0.3, -0.25) is 0 Å². The second kappa shape index (κ2) is 12.8. The van der Waals surface area contributed by atoms with Crippen molar-refractivity contribution in [1.29, 1.82) is 0 Å². The number of nitrogens with zero attached hydrogens (tertiary/aromatic N) is 4. The molecule has 12 rings (SSSR count). The largest absolute Gasteiger partial charge is 0.456 e. The molecule has 9 aromatic carbocycles. The quantitative estimate of drug-likeness (QED) is 0.163. The molecule has 58 heavy (non-hydrogen) atoms. The first-order valence-electron chi connectivity index (χ1n) is 19.3. The molecule has 0 amide bonds. The van der Waals surface area contributed by atoms with Crippen LogP contribution in [0.5, 0.6) is 0 Å². The van der Waals surface area contributed by atoms with Crippen LogP contribution in [0, 0.1) is 0 Å². The average molecular weight is 743 g/mol. The van der Waals surface area contributed by atoms with Gasteiger partial charge >= 0.3 is 0 Å². The van der Waals surface area contributed by atoms with E-state index in [9.17, 15) is 0 Å². The third kappa shape index (κ3) is 5.12. The van der Waals surface area contributed by atoms with E-state index < -0.39 is 0 Å². The topological polar surface area (TPSA) is 77.8 Å². The molecule has 0 aliphatic heterocycles. The van der Waals surface area contributed by atoms with Gasteiger partial charge in [-0.15, -0.1) is 0 Å². The Morgan fingerprint density at radius 2 is 0.931 bits per heavy atom. The van der Waals surface area contributed by atoms with Gasteiger partial charge in [0.15, 0.2) is 23.1 Å². The summed E-state index contributed by atoms with van der Waals surface area (Å²) < 4.78 is 12.8. The summed E-state index contributed by atoms with van der Waals surface area (Å²) in [5.74, 6) is 2.42. The van der Waals surface area contributed by atoms with Gasteiger partial charge in [-0.25, -0.2) is 19.9 Å². The third-order valence-corrected chi connectivity index (χ3v) is 11.1. The van der Waals surface area contributed by atoms with E-state index in [2.05, 4.69) is 91.0 Å². The minimum Gasteiger partial charge on any atom is -0.456 e. The highest BCUT2D eigenvalue weighted by atomic mass is 16.4. The maximum absolute atomic E-state index is 6.63. The molecule has 6 nitrogen and oxygen atoms in total. The van der Waals surface area contributed by atoms with E-state index in [1.165, 1.54) is 0 Å². The first-order valence-corrected chi connectivity index (χ1v) is 19.3. The number of rotatable bonds is 5. The van der Waals surface area contributed by atoms with Crippen LogP contribution in [0.2, 0.25) is 0 Å². The number of para-hydroxylation sites is 1. The lowest BCUT2D eigenvalue weighted by molar-refractivity contribution is 0.620. The van der Waals surface area contributed by atoms with E-state index in [-0.39, 0.29) is 0 Å². The zero-order chi connectivity index (χ0) is 38.2. The number of oxazole rings is 1. The maximum Gasteiger partial charge on any atom is 0.227 e. The van der Waals surface area contributed by atoms with Crippen LogP contribution in [0.25, 0.3) is 122 Å². The van der Waals surface area contributed by atoms with Crippen LogP contribution in [-0.4, -0.2) is 19.9 Å². The van der Waals surface area contributed by atoms with Gasteiger partial charge in [0.25, 0.3) is 0 Å². The van der Waals surface area contributed by atoms with Gasteiger partial charge in [0.1, 0.15) is 16.7 Å². The molecule has 270 valence electrons. The van der Waals surface area contributed by atoms with Crippen molar-refractivity contribution in [2.24, 2.45) is 0 Å². The van der Waals surface area contributed by atoms with Crippen LogP contribution in [-0.2, 0) is 0 Å². The summed E-state index contributed by atoms with van der Waals surface area (Å²) in [7, 11) is 0. The van der Waals surface area contributed by atoms with Crippen LogP contribution >= 0.6 is 0 Å². The second-order valence-corrected chi connectivity index (χ2v) is 14.6. The molecule has 6 heteroatoms. The van der Waals surface area contributed by atoms with Crippen molar-refractivity contribution in [3.63, 3.8) is 0 Å². The monoisotopic (exact) mass is 742 g/mol. The molecular formula is C52H30N4O2. The summed E-state index contributed by atoms with van der Waals surface area (Å²) in [4.78, 5) is 20.4. The Hall–Kier alpha value is -7.96. The van der Waals surface area contributed by atoms with Crippen LogP contribution in [0.4, 0.5) is 0 Å². The predicted octanol–water partition coefficient (Wildman–Crippen LogP) is 13.7. The molecule has 0 unspecified atom stereocenters. The minimum absolute atomic E-state index is 0.559. The molecule has 0 saturated heterocycles. The number of furan rings is 1. The van der Waals surface area contributed by atoms with Crippen LogP contribution < -0.4 is 0 Å². The Balaban J connectivity index is 1.10. The lowest BCUT2D eigenvalue weighted by Crippen LogP contribution is -2.01. The van der Waals surface area contributed by atoms with Crippen molar-refractivity contribution in [1.82, 2.24) is 19.9 Å². The Morgan fingerprint density at radius 3 is 1.71 bits per heavy atom. The molecule has 0 atom stereocenters. The number of fused-ring (bicyclic) bond motifs is 9. The highest BCUT2D eigenvalue weighted by Crippen LogP contribution is 2.43. The smallest absolute Gasteiger partial charge is 0.227 e. The van der Waals surface area contributed by atoms with E-state index in [0.717, 1.165) is 93.2 Å². The molecule has 12 aromatic rings. The number of aromatic nitrogens is 4. The molecule has 0 radical (unpaired) electrons. The maximum atomic E-state index is 6.63. The van der Waals surface area contributed by atoms with Gasteiger partial charge in [-0.05, 0) is 79.8 Å². The van der Waals surface area contributed by atoms with E-state index in [4.69, 9.17) is 28.8 Å². The van der Waals surface area contributed by atoms with E-state index in [0.29, 0.717) is 28.9 Å². The standard InChI is InChI=1S/C52H30N4O2/c1-3-14-32(15-4-1)49-54-50(33-16-5-2-6-17-33)56-51(55-49)40-26-25-38(46-37-20-10-7-13-31(37)23-24-39(40)46)35-29-34-18-8-9-19-36(34)42(30-35)52-53-48-45(58-52)28-27-44-47(48)41-21-11-12-22-43(41)57-44/h1-30H. The Bertz CT molecular complexity index is 3510. The molecule has 0 bridgehead atoms. The molecule has 3 aromatic heterocycles. The summed E-state index contributed by atoms with van der Waals surface area (Å²) in [6.45, 7) is 0. The molecule has 0 aliphatic carbocycles. The average Bonchev–Trinajstić information content (AvgIpc) is 3.90. The highest BCUT2D eigenvalue weighted by molar-refractivity contribution is 6.19. The van der Waals surface area contributed by atoms with Crippen LogP contribution in [0.15, 0.2) is 191 Å². The van der Waals surface area contributed by atoms with Crippen molar-refractivity contribution in [3.05, 3.63) is 182 Å². The number of benzene rings is 9. The Labute approximate surface area is 331 Å². The summed E-state index contributed by atoms with van der Waals surface area (Å²) in [5.41, 5.74) is 8.96. The molecule has 0 aliphatic rings. The molecule has 0 spiro atoms. The first-order chi connectivity index (χ1) is 28.7. The normalized spacial score (nSPS) is 11.8. The fourth-order valence-corrected chi connectivity index (χ4v) is 8.45. The van der Waals surface area contributed by atoms with E-state index in [1.807, 2.05) is 91.0 Å². The van der Waals surface area contributed by atoms with Gasteiger partial charge in [-0.2, -0.15) is 0 Å². The molecule has 3 heterocycles. The van der Waals surface area contributed by atoms with Gasteiger partial charge in [-0.1, -0.05) is 146 Å². The second-order valence-electron chi connectivity index (χ2n) is 14.6.